The van der Waals surface area contributed by atoms with Gasteiger partial charge in [-0.1, -0.05) is 29.8 Å². The molecule has 8 heteroatoms. The summed E-state index contributed by atoms with van der Waals surface area (Å²) in [6, 6.07) is 8.39. The average molecular weight is 492 g/mol. The standard InChI is InChI=1S/C26H26ClN5OS/c1-14-29-30-25-26(10-11-26)28-22(17-8-3-4-9-19(17)27)21-18-12-15(13-20(18)34-24(21)32(14)25)23(33)31(2)16-6-5-7-16/h3-4,8-9,15-16H,5-7,10-13H2,1-2H3/t15-/m0/s1. The molecule has 3 aliphatic carbocycles. The Morgan fingerprint density at radius 3 is 2.71 bits per heavy atom. The SMILES string of the molecule is Cc1nnc2n1-c1sc3c(c1C(c1ccccc1Cl)=NC21CC1)C[C@H](C(=O)N(C)C1CCC1)C3. The fourth-order valence-corrected chi connectivity index (χ4v) is 7.45. The van der Waals surface area contributed by atoms with Crippen LogP contribution in [0.25, 0.3) is 5.00 Å². The maximum absolute atomic E-state index is 13.4. The van der Waals surface area contributed by atoms with E-state index >= 15 is 0 Å². The van der Waals surface area contributed by atoms with E-state index in [0.717, 1.165) is 72.0 Å². The summed E-state index contributed by atoms with van der Waals surface area (Å²) in [6.07, 6.45) is 6.96. The van der Waals surface area contributed by atoms with Gasteiger partial charge in [-0.15, -0.1) is 21.5 Å². The Morgan fingerprint density at radius 1 is 1.21 bits per heavy atom. The Kier molecular flexibility index (Phi) is 4.44. The van der Waals surface area contributed by atoms with Crippen molar-refractivity contribution in [1.29, 1.82) is 0 Å². The number of amides is 1. The van der Waals surface area contributed by atoms with Crippen LogP contribution in [0.1, 0.15) is 65.3 Å². The molecule has 4 aliphatic rings. The zero-order chi connectivity index (χ0) is 23.2. The van der Waals surface area contributed by atoms with Crippen LogP contribution in [0.4, 0.5) is 0 Å². The number of carbonyl (C=O) groups excluding carboxylic acids is 1. The summed E-state index contributed by atoms with van der Waals surface area (Å²) < 4.78 is 2.22. The maximum atomic E-state index is 13.4. The summed E-state index contributed by atoms with van der Waals surface area (Å²) in [7, 11) is 1.99. The van der Waals surface area contributed by atoms with Gasteiger partial charge in [0.15, 0.2) is 5.82 Å². The molecule has 3 heterocycles. The van der Waals surface area contributed by atoms with E-state index in [1.54, 1.807) is 11.3 Å². The van der Waals surface area contributed by atoms with Gasteiger partial charge in [0.2, 0.25) is 5.91 Å². The first-order valence-electron chi connectivity index (χ1n) is 12.2. The molecular formula is C26H26ClN5OS. The van der Waals surface area contributed by atoms with Gasteiger partial charge in [-0.05, 0) is 63.5 Å². The Balaban J connectivity index is 1.38. The zero-order valence-electron chi connectivity index (χ0n) is 19.3. The zero-order valence-corrected chi connectivity index (χ0v) is 20.9. The number of benzene rings is 1. The van der Waals surface area contributed by atoms with Gasteiger partial charge in [0.1, 0.15) is 16.4 Å². The fourth-order valence-electron chi connectivity index (χ4n) is 5.77. The van der Waals surface area contributed by atoms with Crippen molar-refractivity contribution in [2.24, 2.45) is 10.9 Å². The van der Waals surface area contributed by atoms with Crippen LogP contribution in [0.3, 0.4) is 0 Å². The molecule has 1 amide bonds. The van der Waals surface area contributed by atoms with E-state index in [1.807, 2.05) is 37.1 Å². The third kappa shape index (κ3) is 2.86. The van der Waals surface area contributed by atoms with E-state index in [1.165, 1.54) is 16.9 Å². The number of thiophene rings is 1. The fraction of sp³-hybridized carbons (Fsp3) is 0.462. The Labute approximate surface area is 207 Å². The molecule has 1 aliphatic heterocycles. The normalized spacial score (nSPS) is 21.9. The van der Waals surface area contributed by atoms with E-state index in [2.05, 4.69) is 20.8 Å². The van der Waals surface area contributed by atoms with E-state index in [-0.39, 0.29) is 17.4 Å². The monoisotopic (exact) mass is 491 g/mol. The van der Waals surface area contributed by atoms with Crippen LogP contribution in [-0.2, 0) is 23.2 Å². The number of hydrogen-bond acceptors (Lipinski definition) is 5. The van der Waals surface area contributed by atoms with Crippen LogP contribution in [0.5, 0.6) is 0 Å². The molecule has 1 aromatic carbocycles. The first-order valence-corrected chi connectivity index (χ1v) is 13.4. The minimum atomic E-state index is -0.334. The lowest BCUT2D eigenvalue weighted by Crippen LogP contribution is -2.44. The van der Waals surface area contributed by atoms with E-state index in [0.29, 0.717) is 11.1 Å². The minimum Gasteiger partial charge on any atom is -0.343 e. The minimum absolute atomic E-state index is 0.00395. The molecule has 34 heavy (non-hydrogen) atoms. The van der Waals surface area contributed by atoms with Gasteiger partial charge in [-0.2, -0.15) is 0 Å². The van der Waals surface area contributed by atoms with Gasteiger partial charge in [0.05, 0.1) is 5.71 Å². The lowest BCUT2D eigenvalue weighted by atomic mass is 9.90. The molecule has 2 aromatic heterocycles. The molecule has 6 nitrogen and oxygen atoms in total. The number of halogens is 1. The summed E-state index contributed by atoms with van der Waals surface area (Å²) in [4.78, 5) is 22.0. The van der Waals surface area contributed by atoms with Crippen molar-refractivity contribution in [3.63, 3.8) is 0 Å². The highest BCUT2D eigenvalue weighted by Gasteiger charge is 2.52. The van der Waals surface area contributed by atoms with Crippen LogP contribution < -0.4 is 0 Å². The van der Waals surface area contributed by atoms with Crippen molar-refractivity contribution in [2.45, 2.75) is 63.5 Å². The van der Waals surface area contributed by atoms with Crippen LogP contribution in [-0.4, -0.2) is 44.4 Å². The molecule has 2 fully saturated rings. The molecule has 0 radical (unpaired) electrons. The third-order valence-corrected chi connectivity index (χ3v) is 9.70. The van der Waals surface area contributed by atoms with Gasteiger partial charge in [0.25, 0.3) is 0 Å². The molecule has 174 valence electrons. The Bertz CT molecular complexity index is 1380. The second kappa shape index (κ2) is 7.25. The number of aryl methyl sites for hydroxylation is 1. The highest BCUT2D eigenvalue weighted by Crippen LogP contribution is 2.54. The molecule has 2 saturated carbocycles. The highest BCUT2D eigenvalue weighted by molar-refractivity contribution is 7.15. The predicted molar refractivity (Wildman–Crippen MR) is 133 cm³/mol. The average Bonchev–Trinajstić information content (AvgIpc) is 3.13. The van der Waals surface area contributed by atoms with Gasteiger partial charge < -0.3 is 4.90 Å². The summed E-state index contributed by atoms with van der Waals surface area (Å²) in [5.41, 5.74) is 3.95. The second-order valence-electron chi connectivity index (χ2n) is 10.2. The Hall–Kier alpha value is -2.51. The van der Waals surface area contributed by atoms with E-state index in [9.17, 15) is 4.79 Å². The van der Waals surface area contributed by atoms with Crippen LogP contribution in [0, 0.1) is 12.8 Å². The van der Waals surface area contributed by atoms with Crippen molar-refractivity contribution in [3.05, 3.63) is 62.5 Å². The van der Waals surface area contributed by atoms with Gasteiger partial charge >= 0.3 is 0 Å². The number of carbonyl (C=O) groups is 1. The van der Waals surface area contributed by atoms with Crippen molar-refractivity contribution in [2.75, 3.05) is 7.05 Å². The summed E-state index contributed by atoms with van der Waals surface area (Å²) >= 11 is 8.51. The Morgan fingerprint density at radius 2 is 2.00 bits per heavy atom. The molecule has 0 N–H and O–H groups in total. The largest absolute Gasteiger partial charge is 0.343 e. The van der Waals surface area contributed by atoms with Crippen molar-refractivity contribution in [1.82, 2.24) is 19.7 Å². The van der Waals surface area contributed by atoms with E-state index < -0.39 is 0 Å². The quantitative estimate of drug-likeness (QED) is 0.525. The number of fused-ring (bicyclic) bond motifs is 6. The van der Waals surface area contributed by atoms with Gasteiger partial charge in [-0.3, -0.25) is 14.4 Å². The van der Waals surface area contributed by atoms with Crippen molar-refractivity contribution in [3.8, 4) is 5.00 Å². The molecule has 0 unspecified atom stereocenters. The highest BCUT2D eigenvalue weighted by atomic mass is 35.5. The summed E-state index contributed by atoms with van der Waals surface area (Å²) in [5.74, 6) is 2.11. The number of hydrogen-bond donors (Lipinski definition) is 0. The topological polar surface area (TPSA) is 63.4 Å². The van der Waals surface area contributed by atoms with Crippen LogP contribution in [0.2, 0.25) is 5.02 Å². The molecule has 7 rings (SSSR count). The van der Waals surface area contributed by atoms with Crippen molar-refractivity contribution < 1.29 is 4.79 Å². The number of aliphatic imine (C=N–C) groups is 1. The van der Waals surface area contributed by atoms with Gasteiger partial charge in [-0.25, -0.2) is 0 Å². The molecule has 1 atom stereocenters. The molecule has 0 bridgehead atoms. The molecular weight excluding hydrogens is 466 g/mol. The first-order chi connectivity index (χ1) is 16.5. The molecule has 3 aromatic rings. The first kappa shape index (κ1) is 20.8. The third-order valence-electron chi connectivity index (χ3n) is 8.13. The lowest BCUT2D eigenvalue weighted by molar-refractivity contribution is -0.137. The number of rotatable bonds is 3. The van der Waals surface area contributed by atoms with E-state index in [4.69, 9.17) is 16.6 Å². The number of aromatic nitrogens is 3. The number of nitrogens with zero attached hydrogens (tertiary/aromatic N) is 5. The summed E-state index contributed by atoms with van der Waals surface area (Å²) in [6.45, 7) is 2.02. The smallest absolute Gasteiger partial charge is 0.226 e. The second-order valence-corrected chi connectivity index (χ2v) is 11.7. The van der Waals surface area contributed by atoms with Crippen LogP contribution >= 0.6 is 22.9 Å². The van der Waals surface area contributed by atoms with Crippen LogP contribution in [0.15, 0.2) is 29.3 Å². The maximum Gasteiger partial charge on any atom is 0.226 e. The summed E-state index contributed by atoms with van der Waals surface area (Å²) in [5, 5.41) is 10.9. The van der Waals surface area contributed by atoms with Gasteiger partial charge in [0, 0.05) is 40.0 Å². The predicted octanol–water partition coefficient (Wildman–Crippen LogP) is 4.86. The lowest BCUT2D eigenvalue weighted by Gasteiger charge is -2.36. The molecule has 1 spiro atoms. The molecule has 0 saturated heterocycles. The van der Waals surface area contributed by atoms with Crippen molar-refractivity contribution >= 4 is 34.6 Å².